The van der Waals surface area contributed by atoms with E-state index in [4.69, 9.17) is 4.98 Å². The Bertz CT molecular complexity index is 1170. The minimum atomic E-state index is 0.487. The molecule has 0 saturated carbocycles. The molecule has 36 heavy (non-hydrogen) atoms. The predicted molar refractivity (Wildman–Crippen MR) is 151 cm³/mol. The fourth-order valence-electron chi connectivity index (χ4n) is 6.55. The molecule has 5 rings (SSSR count). The molecule has 1 aliphatic heterocycles. The molecule has 0 bridgehead atoms. The molecule has 1 aromatic heterocycles. The van der Waals surface area contributed by atoms with Crippen molar-refractivity contribution in [3.8, 4) is 11.3 Å². The molecule has 1 fully saturated rings. The average molecular weight is 482 g/mol. The van der Waals surface area contributed by atoms with Gasteiger partial charge in [-0.15, -0.1) is 0 Å². The van der Waals surface area contributed by atoms with Crippen LogP contribution in [0.1, 0.15) is 84.6 Å². The van der Waals surface area contributed by atoms with E-state index in [0.717, 1.165) is 25.9 Å². The van der Waals surface area contributed by atoms with Crippen LogP contribution in [0.2, 0.25) is 0 Å². The van der Waals surface area contributed by atoms with Crippen molar-refractivity contribution in [3.05, 3.63) is 87.6 Å². The summed E-state index contributed by atoms with van der Waals surface area (Å²) in [6, 6.07) is 18.8. The maximum Gasteiger partial charge on any atom is 0.0714 e. The molecule has 190 valence electrons. The molecular formula is C33H43N3. The molecule has 2 aliphatic rings. The zero-order valence-electron chi connectivity index (χ0n) is 22.8. The number of pyridine rings is 1. The van der Waals surface area contributed by atoms with Crippen molar-refractivity contribution in [2.24, 2.45) is 0 Å². The summed E-state index contributed by atoms with van der Waals surface area (Å²) in [7, 11) is 2.32. The van der Waals surface area contributed by atoms with Crippen LogP contribution in [0.15, 0.2) is 48.5 Å². The molecule has 3 heteroatoms. The van der Waals surface area contributed by atoms with E-state index in [0.29, 0.717) is 6.04 Å². The van der Waals surface area contributed by atoms with Crippen LogP contribution in [0.3, 0.4) is 0 Å². The van der Waals surface area contributed by atoms with Crippen molar-refractivity contribution < 1.29 is 0 Å². The first-order chi connectivity index (χ1) is 17.6. The van der Waals surface area contributed by atoms with Gasteiger partial charge in [0.1, 0.15) is 0 Å². The summed E-state index contributed by atoms with van der Waals surface area (Å²) < 4.78 is 0. The number of hydrogen-bond acceptors (Lipinski definition) is 3. The van der Waals surface area contributed by atoms with Crippen LogP contribution < -0.4 is 0 Å². The van der Waals surface area contributed by atoms with Gasteiger partial charge in [-0.2, -0.15) is 0 Å². The monoisotopic (exact) mass is 481 g/mol. The van der Waals surface area contributed by atoms with Crippen LogP contribution >= 0.6 is 0 Å². The second-order valence-electron chi connectivity index (χ2n) is 10.9. The molecular weight excluding hydrogens is 438 g/mol. The molecule has 0 N–H and O–H groups in total. The van der Waals surface area contributed by atoms with Crippen molar-refractivity contribution in [2.75, 3.05) is 20.1 Å². The van der Waals surface area contributed by atoms with E-state index in [1.165, 1.54) is 95.5 Å². The topological polar surface area (TPSA) is 19.4 Å². The van der Waals surface area contributed by atoms with Gasteiger partial charge in [0.25, 0.3) is 0 Å². The second kappa shape index (κ2) is 11.3. The van der Waals surface area contributed by atoms with Gasteiger partial charge in [-0.25, -0.2) is 0 Å². The lowest BCUT2D eigenvalue weighted by molar-refractivity contribution is 0.211. The lowest BCUT2D eigenvalue weighted by atomic mass is 9.86. The quantitative estimate of drug-likeness (QED) is 0.337. The van der Waals surface area contributed by atoms with Gasteiger partial charge in [0.2, 0.25) is 0 Å². The molecule has 1 atom stereocenters. The zero-order valence-corrected chi connectivity index (χ0v) is 22.8. The van der Waals surface area contributed by atoms with Gasteiger partial charge in [-0.1, -0.05) is 56.3 Å². The Morgan fingerprint density at radius 2 is 1.64 bits per heavy atom. The lowest BCUT2D eigenvalue weighted by Gasteiger charge is -2.34. The fraction of sp³-hybridized carbons (Fsp3) is 0.485. The molecule has 0 spiro atoms. The third-order valence-electron chi connectivity index (χ3n) is 8.55. The van der Waals surface area contributed by atoms with Gasteiger partial charge in [0.05, 0.1) is 5.69 Å². The van der Waals surface area contributed by atoms with Crippen molar-refractivity contribution in [3.63, 3.8) is 0 Å². The van der Waals surface area contributed by atoms with Crippen molar-refractivity contribution >= 4 is 0 Å². The van der Waals surface area contributed by atoms with Crippen molar-refractivity contribution in [1.82, 2.24) is 14.8 Å². The molecule has 1 unspecified atom stereocenters. The van der Waals surface area contributed by atoms with Crippen LogP contribution in [0.4, 0.5) is 0 Å². The van der Waals surface area contributed by atoms with E-state index in [-0.39, 0.29) is 0 Å². The molecule has 1 saturated heterocycles. The highest BCUT2D eigenvalue weighted by Gasteiger charge is 2.26. The van der Waals surface area contributed by atoms with Gasteiger partial charge < -0.3 is 0 Å². The lowest BCUT2D eigenvalue weighted by Crippen LogP contribution is -2.29. The summed E-state index contributed by atoms with van der Waals surface area (Å²) >= 11 is 0. The van der Waals surface area contributed by atoms with Crippen LogP contribution in [-0.4, -0.2) is 34.9 Å². The number of benzene rings is 2. The van der Waals surface area contributed by atoms with Gasteiger partial charge in [-0.05, 0) is 111 Å². The van der Waals surface area contributed by atoms with E-state index in [2.05, 4.69) is 86.1 Å². The first-order valence-electron chi connectivity index (χ1n) is 14.2. The number of rotatable bonds is 8. The smallest absolute Gasteiger partial charge is 0.0714 e. The summed E-state index contributed by atoms with van der Waals surface area (Å²) in [4.78, 5) is 10.5. The highest BCUT2D eigenvalue weighted by Crippen LogP contribution is 2.36. The minimum absolute atomic E-state index is 0.487. The predicted octanol–water partition coefficient (Wildman–Crippen LogP) is 7.29. The second-order valence-corrected chi connectivity index (χ2v) is 10.9. The molecule has 3 nitrogen and oxygen atoms in total. The Morgan fingerprint density at radius 1 is 0.917 bits per heavy atom. The maximum atomic E-state index is 5.29. The maximum absolute atomic E-state index is 5.29. The number of aromatic nitrogens is 1. The van der Waals surface area contributed by atoms with Crippen molar-refractivity contribution in [2.45, 2.75) is 84.8 Å². The first-order valence-corrected chi connectivity index (χ1v) is 14.2. The Hall–Kier alpha value is -2.49. The van der Waals surface area contributed by atoms with Crippen LogP contribution in [-0.2, 0) is 32.4 Å². The highest BCUT2D eigenvalue weighted by molar-refractivity contribution is 5.69. The molecule has 0 amide bonds. The molecule has 2 heterocycles. The third-order valence-corrected chi connectivity index (χ3v) is 8.55. The highest BCUT2D eigenvalue weighted by atomic mass is 15.1. The summed E-state index contributed by atoms with van der Waals surface area (Å²) in [5.41, 5.74) is 12.5. The Balaban J connectivity index is 1.53. The summed E-state index contributed by atoms with van der Waals surface area (Å²) in [6.45, 7) is 11.2. The number of nitrogens with zero attached hydrogens (tertiary/aromatic N) is 3. The van der Waals surface area contributed by atoms with E-state index in [1.54, 1.807) is 0 Å². The number of hydrogen-bond donors (Lipinski definition) is 0. The normalized spacial score (nSPS) is 18.1. The first kappa shape index (κ1) is 25.2. The van der Waals surface area contributed by atoms with Gasteiger partial charge in [0, 0.05) is 30.4 Å². The molecule has 0 radical (unpaired) electrons. The van der Waals surface area contributed by atoms with Crippen LogP contribution in [0, 0.1) is 6.92 Å². The Labute approximate surface area is 218 Å². The minimum Gasteiger partial charge on any atom is -0.299 e. The van der Waals surface area contributed by atoms with Gasteiger partial charge in [-0.3, -0.25) is 14.8 Å². The summed E-state index contributed by atoms with van der Waals surface area (Å²) in [5, 5.41) is 0. The van der Waals surface area contributed by atoms with Crippen molar-refractivity contribution in [1.29, 1.82) is 0 Å². The average Bonchev–Trinajstić information content (AvgIpc) is 3.42. The van der Waals surface area contributed by atoms with E-state index >= 15 is 0 Å². The van der Waals surface area contributed by atoms with Crippen LogP contribution in [0.5, 0.6) is 0 Å². The van der Waals surface area contributed by atoms with E-state index in [1.807, 2.05) is 0 Å². The number of aryl methyl sites for hydroxylation is 4. The zero-order chi connectivity index (χ0) is 25.1. The molecule has 1 aliphatic carbocycles. The van der Waals surface area contributed by atoms with Gasteiger partial charge >= 0.3 is 0 Å². The SMILES string of the molecule is CCc1cccc(CC)c1-c1cc(CN2CCCC2)c(CN(C)C2CCCc3ccccc32)c(C)n1. The molecule has 3 aromatic rings. The van der Waals surface area contributed by atoms with Gasteiger partial charge in [0.15, 0.2) is 0 Å². The largest absolute Gasteiger partial charge is 0.299 e. The fourth-order valence-corrected chi connectivity index (χ4v) is 6.55. The third kappa shape index (κ3) is 5.14. The number of likely N-dealkylation sites (tertiary alicyclic amines) is 1. The summed E-state index contributed by atoms with van der Waals surface area (Å²) in [5.74, 6) is 0. The summed E-state index contributed by atoms with van der Waals surface area (Å²) in [6.07, 6.45) is 8.45. The molecule has 2 aromatic carbocycles. The van der Waals surface area contributed by atoms with E-state index in [9.17, 15) is 0 Å². The van der Waals surface area contributed by atoms with E-state index < -0.39 is 0 Å². The standard InChI is InChI=1S/C33H43N3/c1-5-25-14-11-15-26(6-2)33(25)31-21-28(22-36-19-9-10-20-36)30(24(3)34-31)23-35(4)32-18-12-16-27-13-7-8-17-29(27)32/h7-8,11,13-15,17,21,32H,5-6,9-10,12,16,18-20,22-23H2,1-4H3. The Kier molecular flexibility index (Phi) is 7.88. The number of fused-ring (bicyclic) bond motifs is 1. The Morgan fingerprint density at radius 3 is 2.36 bits per heavy atom. The van der Waals surface area contributed by atoms with Crippen LogP contribution in [0.25, 0.3) is 11.3 Å².